The standard InChI is InChI=1S/C21H20ClN3O/c1-15-4-2-3-5-19(15)25-18-11-13-23-20(14-18)21(26)24-12-10-16-6-8-17(22)9-7-16/h2-9,11,13-14H,10,12H2,1H3,(H,23,25)(H,24,26). The number of aromatic nitrogens is 1. The molecule has 1 amide bonds. The molecule has 26 heavy (non-hydrogen) atoms. The maximum absolute atomic E-state index is 12.3. The number of carbonyl (C=O) groups is 1. The zero-order chi connectivity index (χ0) is 18.4. The van der Waals surface area contributed by atoms with Gasteiger partial charge in [0.05, 0.1) is 0 Å². The van der Waals surface area contributed by atoms with E-state index in [0.717, 1.165) is 28.9 Å². The molecule has 1 heterocycles. The summed E-state index contributed by atoms with van der Waals surface area (Å²) in [4.78, 5) is 16.5. The van der Waals surface area contributed by atoms with E-state index in [1.165, 1.54) is 0 Å². The Morgan fingerprint density at radius 3 is 2.62 bits per heavy atom. The van der Waals surface area contributed by atoms with Gasteiger partial charge in [-0.3, -0.25) is 9.78 Å². The van der Waals surface area contributed by atoms with Crippen LogP contribution >= 0.6 is 11.6 Å². The van der Waals surface area contributed by atoms with E-state index in [1.54, 1.807) is 12.3 Å². The third-order valence-corrected chi connectivity index (χ3v) is 4.28. The van der Waals surface area contributed by atoms with E-state index in [2.05, 4.69) is 15.6 Å². The zero-order valence-corrected chi connectivity index (χ0v) is 15.3. The first kappa shape index (κ1) is 18.0. The molecule has 0 spiro atoms. The summed E-state index contributed by atoms with van der Waals surface area (Å²) in [5.74, 6) is -0.188. The number of anilines is 2. The number of carbonyl (C=O) groups excluding carboxylic acids is 1. The van der Waals surface area contributed by atoms with Crippen LogP contribution < -0.4 is 10.6 Å². The minimum absolute atomic E-state index is 0.188. The van der Waals surface area contributed by atoms with E-state index in [9.17, 15) is 4.79 Å². The van der Waals surface area contributed by atoms with Gasteiger partial charge >= 0.3 is 0 Å². The Kier molecular flexibility index (Phi) is 5.87. The second kappa shape index (κ2) is 8.50. The lowest BCUT2D eigenvalue weighted by Crippen LogP contribution is -2.26. The van der Waals surface area contributed by atoms with Crippen LogP contribution in [-0.2, 0) is 6.42 Å². The van der Waals surface area contributed by atoms with E-state index in [4.69, 9.17) is 11.6 Å². The summed E-state index contributed by atoms with van der Waals surface area (Å²) in [6, 6.07) is 19.2. The molecule has 2 N–H and O–H groups in total. The molecule has 0 unspecified atom stereocenters. The normalized spacial score (nSPS) is 10.4. The van der Waals surface area contributed by atoms with Crippen LogP contribution in [-0.4, -0.2) is 17.4 Å². The van der Waals surface area contributed by atoms with Crippen molar-refractivity contribution < 1.29 is 4.79 Å². The lowest BCUT2D eigenvalue weighted by Gasteiger charge is -2.10. The van der Waals surface area contributed by atoms with Crippen LogP contribution in [0.1, 0.15) is 21.6 Å². The fraction of sp³-hybridized carbons (Fsp3) is 0.143. The quantitative estimate of drug-likeness (QED) is 0.662. The van der Waals surface area contributed by atoms with Crippen molar-refractivity contribution in [3.63, 3.8) is 0 Å². The topological polar surface area (TPSA) is 54.0 Å². The second-order valence-electron chi connectivity index (χ2n) is 6.00. The van der Waals surface area contributed by atoms with E-state index in [0.29, 0.717) is 17.3 Å². The first-order valence-corrected chi connectivity index (χ1v) is 8.81. The van der Waals surface area contributed by atoms with E-state index < -0.39 is 0 Å². The Labute approximate surface area is 158 Å². The number of amides is 1. The molecule has 3 aromatic rings. The SMILES string of the molecule is Cc1ccccc1Nc1ccnc(C(=O)NCCc2ccc(Cl)cc2)c1. The van der Waals surface area contributed by atoms with Gasteiger partial charge < -0.3 is 10.6 Å². The van der Waals surface area contributed by atoms with Crippen molar-refractivity contribution in [2.45, 2.75) is 13.3 Å². The van der Waals surface area contributed by atoms with E-state index >= 15 is 0 Å². The van der Waals surface area contributed by atoms with E-state index in [1.807, 2.05) is 61.5 Å². The lowest BCUT2D eigenvalue weighted by molar-refractivity contribution is 0.0949. The van der Waals surface area contributed by atoms with Gasteiger partial charge in [0.25, 0.3) is 5.91 Å². The van der Waals surface area contributed by atoms with Crippen LogP contribution in [0.25, 0.3) is 0 Å². The van der Waals surface area contributed by atoms with Crippen molar-refractivity contribution in [2.24, 2.45) is 0 Å². The third-order valence-electron chi connectivity index (χ3n) is 4.03. The summed E-state index contributed by atoms with van der Waals surface area (Å²) >= 11 is 5.87. The van der Waals surface area contributed by atoms with Gasteiger partial charge in [0.15, 0.2) is 0 Å². The van der Waals surface area contributed by atoms with Crippen LogP contribution in [0.3, 0.4) is 0 Å². The van der Waals surface area contributed by atoms with Gasteiger partial charge in [0, 0.05) is 29.1 Å². The Balaban J connectivity index is 1.59. The smallest absolute Gasteiger partial charge is 0.269 e. The highest BCUT2D eigenvalue weighted by Crippen LogP contribution is 2.20. The zero-order valence-electron chi connectivity index (χ0n) is 14.5. The molecule has 0 bridgehead atoms. The summed E-state index contributed by atoms with van der Waals surface area (Å²) < 4.78 is 0. The maximum atomic E-state index is 12.3. The van der Waals surface area contributed by atoms with Crippen molar-refractivity contribution in [2.75, 3.05) is 11.9 Å². The summed E-state index contributed by atoms with van der Waals surface area (Å²) in [6.45, 7) is 2.57. The van der Waals surface area contributed by atoms with Gasteiger partial charge in [-0.25, -0.2) is 0 Å². The molecule has 2 aromatic carbocycles. The molecule has 5 heteroatoms. The van der Waals surface area contributed by atoms with Crippen molar-refractivity contribution in [1.29, 1.82) is 0 Å². The number of nitrogens with zero attached hydrogens (tertiary/aromatic N) is 1. The molecule has 1 aromatic heterocycles. The molecular weight excluding hydrogens is 346 g/mol. The Bertz CT molecular complexity index is 894. The summed E-state index contributed by atoms with van der Waals surface area (Å²) in [6.07, 6.45) is 2.37. The average Bonchev–Trinajstić information content (AvgIpc) is 2.65. The molecule has 0 saturated carbocycles. The van der Waals surface area contributed by atoms with Crippen LogP contribution in [0.4, 0.5) is 11.4 Å². The molecule has 0 aliphatic carbocycles. The van der Waals surface area contributed by atoms with Gasteiger partial charge in [-0.1, -0.05) is 41.9 Å². The number of para-hydroxylation sites is 1. The van der Waals surface area contributed by atoms with Crippen molar-refractivity contribution in [3.8, 4) is 0 Å². The highest BCUT2D eigenvalue weighted by Gasteiger charge is 2.08. The summed E-state index contributed by atoms with van der Waals surface area (Å²) in [5.41, 5.74) is 4.49. The fourth-order valence-corrected chi connectivity index (χ4v) is 2.69. The van der Waals surface area contributed by atoms with Crippen LogP contribution in [0.5, 0.6) is 0 Å². The van der Waals surface area contributed by atoms with Gasteiger partial charge in [-0.2, -0.15) is 0 Å². The molecule has 4 nitrogen and oxygen atoms in total. The van der Waals surface area contributed by atoms with Crippen LogP contribution in [0.15, 0.2) is 66.9 Å². The number of benzene rings is 2. The number of pyridine rings is 1. The monoisotopic (exact) mass is 365 g/mol. The first-order valence-electron chi connectivity index (χ1n) is 8.43. The van der Waals surface area contributed by atoms with Crippen molar-refractivity contribution in [3.05, 3.63) is 88.7 Å². The van der Waals surface area contributed by atoms with Crippen molar-refractivity contribution >= 4 is 28.9 Å². The molecule has 0 aliphatic rings. The number of hydrogen-bond donors (Lipinski definition) is 2. The highest BCUT2D eigenvalue weighted by atomic mass is 35.5. The van der Waals surface area contributed by atoms with Crippen LogP contribution in [0, 0.1) is 6.92 Å². The number of aryl methyl sites for hydroxylation is 1. The summed E-state index contributed by atoms with van der Waals surface area (Å²) in [7, 11) is 0. The predicted molar refractivity (Wildman–Crippen MR) is 106 cm³/mol. The van der Waals surface area contributed by atoms with Gasteiger partial charge in [0.2, 0.25) is 0 Å². The first-order chi connectivity index (χ1) is 12.6. The molecule has 0 saturated heterocycles. The number of rotatable bonds is 6. The largest absolute Gasteiger partial charge is 0.355 e. The predicted octanol–water partition coefficient (Wildman–Crippen LogP) is 4.76. The molecule has 3 rings (SSSR count). The van der Waals surface area contributed by atoms with Gasteiger partial charge in [-0.05, 0) is 54.8 Å². The minimum atomic E-state index is -0.188. The molecule has 132 valence electrons. The van der Waals surface area contributed by atoms with Gasteiger partial charge in [-0.15, -0.1) is 0 Å². The number of nitrogens with one attached hydrogen (secondary N) is 2. The Morgan fingerprint density at radius 1 is 1.08 bits per heavy atom. The Hall–Kier alpha value is -2.85. The molecular formula is C21H20ClN3O. The molecule has 0 radical (unpaired) electrons. The fourth-order valence-electron chi connectivity index (χ4n) is 2.56. The molecule has 0 atom stereocenters. The molecule has 0 fully saturated rings. The maximum Gasteiger partial charge on any atom is 0.269 e. The number of halogens is 1. The summed E-state index contributed by atoms with van der Waals surface area (Å²) in [5, 5.41) is 6.93. The Morgan fingerprint density at radius 2 is 1.85 bits per heavy atom. The second-order valence-corrected chi connectivity index (χ2v) is 6.44. The van der Waals surface area contributed by atoms with Crippen LogP contribution in [0.2, 0.25) is 5.02 Å². The van der Waals surface area contributed by atoms with Crippen molar-refractivity contribution in [1.82, 2.24) is 10.3 Å². The third kappa shape index (κ3) is 4.83. The molecule has 0 aliphatic heterocycles. The lowest BCUT2D eigenvalue weighted by atomic mass is 10.1. The highest BCUT2D eigenvalue weighted by molar-refractivity contribution is 6.30. The number of hydrogen-bond acceptors (Lipinski definition) is 3. The average molecular weight is 366 g/mol. The van der Waals surface area contributed by atoms with Gasteiger partial charge in [0.1, 0.15) is 5.69 Å². The van der Waals surface area contributed by atoms with E-state index in [-0.39, 0.29) is 5.91 Å². The minimum Gasteiger partial charge on any atom is -0.355 e.